The molecule has 1 aliphatic heterocycles. The van der Waals surface area contributed by atoms with E-state index in [2.05, 4.69) is 0 Å². The number of ether oxygens (including phenoxy) is 3. The van der Waals surface area contributed by atoms with Crippen LogP contribution >= 0.6 is 0 Å². The van der Waals surface area contributed by atoms with Gasteiger partial charge in [0.1, 0.15) is 11.6 Å². The summed E-state index contributed by atoms with van der Waals surface area (Å²) in [5.41, 5.74) is -1.73. The summed E-state index contributed by atoms with van der Waals surface area (Å²) in [4.78, 5) is 0. The van der Waals surface area contributed by atoms with Gasteiger partial charge >= 0.3 is 0 Å². The molecule has 0 fully saturated rings. The van der Waals surface area contributed by atoms with Crippen molar-refractivity contribution in [1.29, 1.82) is 15.8 Å². The third-order valence-electron chi connectivity index (χ3n) is 3.16. The van der Waals surface area contributed by atoms with E-state index in [0.717, 1.165) is 0 Å². The van der Waals surface area contributed by atoms with E-state index in [1.165, 1.54) is 7.11 Å². The molecule has 0 saturated carbocycles. The van der Waals surface area contributed by atoms with E-state index in [1.807, 2.05) is 32.1 Å². The molecule has 0 radical (unpaired) electrons. The standard InChI is InChI=1S/C14H17N3O3/c1-9(2)6-19-12-10(3)14(7-16,8-17)11(5-15)13(18-4)20-12/h9-10,12H,6H2,1-4H3/t10-,12-/m1/s1. The maximum atomic E-state index is 9.40. The maximum Gasteiger partial charge on any atom is 0.298 e. The lowest BCUT2D eigenvalue weighted by atomic mass is 9.71. The normalized spacial score (nSPS) is 24.3. The Hall–Kier alpha value is -2.23. The van der Waals surface area contributed by atoms with Crippen LogP contribution in [0.3, 0.4) is 0 Å². The molecule has 0 N–H and O–H groups in total. The first kappa shape index (κ1) is 15.8. The van der Waals surface area contributed by atoms with Gasteiger partial charge < -0.3 is 14.2 Å². The van der Waals surface area contributed by atoms with Crippen LogP contribution in [0.5, 0.6) is 0 Å². The van der Waals surface area contributed by atoms with E-state index >= 15 is 0 Å². The molecule has 6 nitrogen and oxygen atoms in total. The van der Waals surface area contributed by atoms with E-state index in [0.29, 0.717) is 6.61 Å². The minimum atomic E-state index is -1.63. The van der Waals surface area contributed by atoms with E-state index < -0.39 is 17.6 Å². The van der Waals surface area contributed by atoms with E-state index in [-0.39, 0.29) is 17.4 Å². The van der Waals surface area contributed by atoms with Crippen LogP contribution in [0.4, 0.5) is 0 Å². The van der Waals surface area contributed by atoms with Crippen molar-refractivity contribution in [2.75, 3.05) is 13.7 Å². The SMILES string of the molecule is COC1=C(C#N)C(C#N)(C#N)[C@H](C)[C@H](OCC(C)C)O1. The Morgan fingerprint density at radius 1 is 1.30 bits per heavy atom. The van der Waals surface area contributed by atoms with Crippen LogP contribution in [-0.4, -0.2) is 20.0 Å². The Kier molecular flexibility index (Phi) is 4.97. The van der Waals surface area contributed by atoms with E-state index in [4.69, 9.17) is 14.2 Å². The van der Waals surface area contributed by atoms with Crippen molar-refractivity contribution in [3.63, 3.8) is 0 Å². The molecule has 0 aliphatic carbocycles. The molecule has 1 heterocycles. The topological polar surface area (TPSA) is 99.1 Å². The van der Waals surface area contributed by atoms with Crippen LogP contribution in [0.2, 0.25) is 0 Å². The third-order valence-corrected chi connectivity index (χ3v) is 3.16. The lowest BCUT2D eigenvalue weighted by Gasteiger charge is -2.37. The smallest absolute Gasteiger partial charge is 0.298 e. The summed E-state index contributed by atoms with van der Waals surface area (Å²) in [6, 6.07) is 5.68. The van der Waals surface area contributed by atoms with Gasteiger partial charge in [-0.1, -0.05) is 20.8 Å². The average molecular weight is 275 g/mol. The highest BCUT2D eigenvalue weighted by Gasteiger charge is 2.53. The Morgan fingerprint density at radius 2 is 1.90 bits per heavy atom. The van der Waals surface area contributed by atoms with Crippen molar-refractivity contribution in [3.05, 3.63) is 11.5 Å². The molecule has 0 unspecified atom stereocenters. The van der Waals surface area contributed by atoms with Crippen LogP contribution in [0.25, 0.3) is 0 Å². The molecule has 1 aliphatic rings. The second kappa shape index (κ2) is 6.28. The summed E-state index contributed by atoms with van der Waals surface area (Å²) in [7, 11) is 1.32. The molecule has 0 spiro atoms. The molecular formula is C14H17N3O3. The number of nitrogens with zero attached hydrogens (tertiary/aromatic N) is 3. The molecule has 1 rings (SSSR count). The highest BCUT2D eigenvalue weighted by molar-refractivity contribution is 5.44. The van der Waals surface area contributed by atoms with Gasteiger partial charge in [-0.2, -0.15) is 15.8 Å². The summed E-state index contributed by atoms with van der Waals surface area (Å²) in [5, 5.41) is 28.0. The number of allylic oxidation sites excluding steroid dienone is 1. The van der Waals surface area contributed by atoms with Gasteiger partial charge in [0.25, 0.3) is 5.95 Å². The minimum Gasteiger partial charge on any atom is -0.468 e. The molecule has 106 valence electrons. The summed E-state index contributed by atoms with van der Waals surface area (Å²) < 4.78 is 16.1. The molecule has 0 aromatic heterocycles. The summed E-state index contributed by atoms with van der Waals surface area (Å²) >= 11 is 0. The Morgan fingerprint density at radius 3 is 2.30 bits per heavy atom. The van der Waals surface area contributed by atoms with Gasteiger partial charge in [0.2, 0.25) is 6.29 Å². The van der Waals surface area contributed by atoms with E-state index in [1.54, 1.807) is 6.92 Å². The van der Waals surface area contributed by atoms with Crippen molar-refractivity contribution in [3.8, 4) is 18.2 Å². The second-order valence-electron chi connectivity index (χ2n) is 5.01. The quantitative estimate of drug-likeness (QED) is 0.778. The van der Waals surface area contributed by atoms with Crippen LogP contribution in [0.1, 0.15) is 20.8 Å². The fourth-order valence-electron chi connectivity index (χ4n) is 1.95. The van der Waals surface area contributed by atoms with Gasteiger partial charge in [0.05, 0.1) is 31.8 Å². The zero-order chi connectivity index (χ0) is 15.3. The number of hydrogen-bond acceptors (Lipinski definition) is 6. The van der Waals surface area contributed by atoms with Crippen LogP contribution in [0, 0.1) is 51.2 Å². The van der Waals surface area contributed by atoms with Gasteiger partial charge in [-0.25, -0.2) is 0 Å². The van der Waals surface area contributed by atoms with E-state index in [9.17, 15) is 15.8 Å². The van der Waals surface area contributed by atoms with Crippen LogP contribution in [0.15, 0.2) is 11.5 Å². The molecule has 0 bridgehead atoms. The van der Waals surface area contributed by atoms with Crippen molar-refractivity contribution in [2.24, 2.45) is 17.3 Å². The van der Waals surface area contributed by atoms with Gasteiger partial charge in [-0.05, 0) is 5.92 Å². The predicted molar refractivity (Wildman–Crippen MR) is 68.1 cm³/mol. The lowest BCUT2D eigenvalue weighted by Crippen LogP contribution is -2.44. The van der Waals surface area contributed by atoms with Crippen molar-refractivity contribution in [2.45, 2.75) is 27.1 Å². The van der Waals surface area contributed by atoms with Crippen molar-refractivity contribution in [1.82, 2.24) is 0 Å². The van der Waals surface area contributed by atoms with Gasteiger partial charge in [-0.3, -0.25) is 0 Å². The maximum absolute atomic E-state index is 9.40. The predicted octanol–water partition coefficient (Wildman–Crippen LogP) is 2.07. The minimum absolute atomic E-state index is 0.109. The fraction of sp³-hybridized carbons (Fsp3) is 0.643. The molecule has 20 heavy (non-hydrogen) atoms. The zero-order valence-electron chi connectivity index (χ0n) is 12.0. The number of hydrogen-bond donors (Lipinski definition) is 0. The van der Waals surface area contributed by atoms with Crippen LogP contribution < -0.4 is 0 Å². The molecule has 0 saturated heterocycles. The second-order valence-corrected chi connectivity index (χ2v) is 5.01. The lowest BCUT2D eigenvalue weighted by molar-refractivity contribution is -0.197. The monoisotopic (exact) mass is 275 g/mol. The first-order valence-electron chi connectivity index (χ1n) is 6.26. The molecule has 6 heteroatoms. The van der Waals surface area contributed by atoms with Crippen LogP contribution in [-0.2, 0) is 14.2 Å². The highest BCUT2D eigenvalue weighted by atomic mass is 16.8. The van der Waals surface area contributed by atoms with Gasteiger partial charge in [0.15, 0.2) is 5.41 Å². The van der Waals surface area contributed by atoms with Gasteiger partial charge in [-0.15, -0.1) is 0 Å². The van der Waals surface area contributed by atoms with Gasteiger partial charge in [0, 0.05) is 0 Å². The Bertz CT molecular complexity index is 505. The van der Waals surface area contributed by atoms with Crippen molar-refractivity contribution >= 4 is 0 Å². The third kappa shape index (κ3) is 2.54. The molecule has 0 amide bonds. The number of nitriles is 3. The first-order chi connectivity index (χ1) is 9.46. The average Bonchev–Trinajstić information content (AvgIpc) is 2.45. The highest BCUT2D eigenvalue weighted by Crippen LogP contribution is 2.44. The number of methoxy groups -OCH3 is 1. The first-order valence-corrected chi connectivity index (χ1v) is 6.26. The summed E-state index contributed by atoms with van der Waals surface area (Å²) in [5.74, 6) is -0.455. The molecular weight excluding hydrogens is 258 g/mol. The zero-order valence-corrected chi connectivity index (χ0v) is 12.0. The number of rotatable bonds is 4. The summed E-state index contributed by atoms with van der Waals surface area (Å²) in [6.07, 6.45) is -0.802. The molecule has 0 aromatic rings. The Labute approximate surface area is 118 Å². The largest absolute Gasteiger partial charge is 0.468 e. The molecule has 2 atom stereocenters. The Balaban J connectivity index is 3.24. The van der Waals surface area contributed by atoms with Crippen molar-refractivity contribution < 1.29 is 14.2 Å². The fourth-order valence-corrected chi connectivity index (χ4v) is 1.95. The molecule has 0 aromatic carbocycles. The summed E-state index contributed by atoms with van der Waals surface area (Å²) in [6.45, 7) is 6.02.